The van der Waals surface area contributed by atoms with E-state index in [4.69, 9.17) is 11.6 Å². The molecule has 2 heteroatoms. The molecule has 0 aliphatic heterocycles. The highest BCUT2D eigenvalue weighted by atomic mass is 35.5. The Morgan fingerprint density at radius 3 is 2.56 bits per heavy atom. The van der Waals surface area contributed by atoms with Gasteiger partial charge in [-0.15, -0.1) is 0 Å². The molecule has 0 amide bonds. The Kier molecular flexibility index (Phi) is 6.17. The summed E-state index contributed by atoms with van der Waals surface area (Å²) in [5, 5.41) is 4.48. The molecule has 102 valence electrons. The van der Waals surface area contributed by atoms with E-state index in [0.29, 0.717) is 11.5 Å². The summed E-state index contributed by atoms with van der Waals surface area (Å²) in [7, 11) is 0. The van der Waals surface area contributed by atoms with Crippen LogP contribution in [0.1, 0.15) is 46.1 Å². The third-order valence-electron chi connectivity index (χ3n) is 2.91. The second-order valence-electron chi connectivity index (χ2n) is 6.25. The Bertz CT molecular complexity index is 354. The first-order valence-corrected chi connectivity index (χ1v) is 7.26. The van der Waals surface area contributed by atoms with E-state index < -0.39 is 0 Å². The maximum absolute atomic E-state index is 6.05. The second-order valence-corrected chi connectivity index (χ2v) is 6.69. The van der Waals surface area contributed by atoms with Gasteiger partial charge in [0.05, 0.1) is 0 Å². The van der Waals surface area contributed by atoms with Gasteiger partial charge in [-0.25, -0.2) is 0 Å². The molecular weight excluding hydrogens is 242 g/mol. The molecule has 0 aromatic heterocycles. The third-order valence-corrected chi connectivity index (χ3v) is 3.15. The minimum Gasteiger partial charge on any atom is -0.314 e. The Morgan fingerprint density at radius 2 is 2.00 bits per heavy atom. The van der Waals surface area contributed by atoms with E-state index in [-0.39, 0.29) is 0 Å². The average molecular weight is 268 g/mol. The Hall–Kier alpha value is -0.530. The lowest BCUT2D eigenvalue weighted by Gasteiger charge is -2.27. The predicted octanol–water partition coefficient (Wildman–Crippen LogP) is 4.69. The molecule has 0 aliphatic rings. The molecule has 0 fully saturated rings. The number of nitrogens with one attached hydrogen (secondary N) is 1. The van der Waals surface area contributed by atoms with Crippen LogP contribution in [0.3, 0.4) is 0 Å². The van der Waals surface area contributed by atoms with Crippen molar-refractivity contribution in [3.05, 3.63) is 34.9 Å². The van der Waals surface area contributed by atoms with E-state index >= 15 is 0 Å². The van der Waals surface area contributed by atoms with E-state index in [2.05, 4.69) is 45.1 Å². The molecule has 18 heavy (non-hydrogen) atoms. The lowest BCUT2D eigenvalue weighted by molar-refractivity contribution is 0.306. The molecular formula is C16H26ClN. The average Bonchev–Trinajstić information content (AvgIpc) is 2.24. The van der Waals surface area contributed by atoms with Crippen molar-refractivity contribution in [2.75, 3.05) is 6.54 Å². The van der Waals surface area contributed by atoms with Crippen LogP contribution in [0.25, 0.3) is 0 Å². The Balaban J connectivity index is 2.65. The SMILES string of the molecule is CCCNC(Cc1cccc(Cl)c1)CC(C)(C)C. The molecule has 1 aromatic rings. The second kappa shape index (κ2) is 7.16. The molecule has 0 spiro atoms. The van der Waals surface area contributed by atoms with Gasteiger partial charge in [-0.1, -0.05) is 51.4 Å². The van der Waals surface area contributed by atoms with Gasteiger partial charge >= 0.3 is 0 Å². The quantitative estimate of drug-likeness (QED) is 0.789. The van der Waals surface area contributed by atoms with Crippen LogP contribution in [0.5, 0.6) is 0 Å². The minimum absolute atomic E-state index is 0.351. The van der Waals surface area contributed by atoms with Gasteiger partial charge in [-0.3, -0.25) is 0 Å². The highest BCUT2D eigenvalue weighted by molar-refractivity contribution is 6.30. The largest absolute Gasteiger partial charge is 0.314 e. The van der Waals surface area contributed by atoms with Gasteiger partial charge in [0, 0.05) is 11.1 Å². The molecule has 1 atom stereocenters. The highest BCUT2D eigenvalue weighted by Crippen LogP contribution is 2.23. The van der Waals surface area contributed by atoms with E-state index in [9.17, 15) is 0 Å². The maximum atomic E-state index is 6.05. The first kappa shape index (κ1) is 15.5. The number of hydrogen-bond acceptors (Lipinski definition) is 1. The first-order valence-electron chi connectivity index (χ1n) is 6.88. The van der Waals surface area contributed by atoms with Crippen LogP contribution in [0, 0.1) is 5.41 Å². The fourth-order valence-corrected chi connectivity index (χ4v) is 2.47. The number of rotatable bonds is 6. The summed E-state index contributed by atoms with van der Waals surface area (Å²) >= 11 is 6.05. The lowest BCUT2D eigenvalue weighted by atomic mass is 9.86. The van der Waals surface area contributed by atoms with Gasteiger partial charge < -0.3 is 5.32 Å². The van der Waals surface area contributed by atoms with Gasteiger partial charge in [0.25, 0.3) is 0 Å². The summed E-state index contributed by atoms with van der Waals surface area (Å²) in [6.07, 6.45) is 3.41. The molecule has 0 radical (unpaired) electrons. The normalized spacial score (nSPS) is 13.6. The van der Waals surface area contributed by atoms with Gasteiger partial charge in [0.2, 0.25) is 0 Å². The van der Waals surface area contributed by atoms with Crippen molar-refractivity contribution in [3.63, 3.8) is 0 Å². The number of halogens is 1. The molecule has 1 unspecified atom stereocenters. The maximum Gasteiger partial charge on any atom is 0.0408 e. The van der Waals surface area contributed by atoms with Gasteiger partial charge in [-0.2, -0.15) is 0 Å². The zero-order chi connectivity index (χ0) is 13.6. The van der Waals surface area contributed by atoms with Crippen molar-refractivity contribution < 1.29 is 0 Å². The predicted molar refractivity (Wildman–Crippen MR) is 81.3 cm³/mol. The number of hydrogen-bond donors (Lipinski definition) is 1. The van der Waals surface area contributed by atoms with Gasteiger partial charge in [0.15, 0.2) is 0 Å². The number of benzene rings is 1. The van der Waals surface area contributed by atoms with Gasteiger partial charge in [-0.05, 0) is 48.9 Å². The highest BCUT2D eigenvalue weighted by Gasteiger charge is 2.18. The molecule has 1 rings (SSSR count). The topological polar surface area (TPSA) is 12.0 Å². The Labute approximate surface area is 117 Å². The van der Waals surface area contributed by atoms with Crippen LogP contribution in [-0.4, -0.2) is 12.6 Å². The first-order chi connectivity index (χ1) is 8.40. The minimum atomic E-state index is 0.351. The molecule has 0 saturated carbocycles. The van der Waals surface area contributed by atoms with Crippen LogP contribution in [0.4, 0.5) is 0 Å². The summed E-state index contributed by atoms with van der Waals surface area (Å²) in [6, 6.07) is 8.73. The molecule has 0 saturated heterocycles. The van der Waals surface area contributed by atoms with Gasteiger partial charge in [0.1, 0.15) is 0 Å². The van der Waals surface area contributed by atoms with E-state index in [1.54, 1.807) is 0 Å². The van der Waals surface area contributed by atoms with Crippen molar-refractivity contribution in [3.8, 4) is 0 Å². The monoisotopic (exact) mass is 267 g/mol. The zero-order valence-electron chi connectivity index (χ0n) is 12.1. The summed E-state index contributed by atoms with van der Waals surface area (Å²) in [5.41, 5.74) is 1.67. The van der Waals surface area contributed by atoms with Crippen molar-refractivity contribution in [1.82, 2.24) is 5.32 Å². The van der Waals surface area contributed by atoms with Crippen LogP contribution < -0.4 is 5.32 Å². The van der Waals surface area contributed by atoms with E-state index in [1.165, 1.54) is 18.4 Å². The Morgan fingerprint density at radius 1 is 1.28 bits per heavy atom. The third kappa shape index (κ3) is 6.42. The standard InChI is InChI=1S/C16H26ClN/c1-5-9-18-15(12-16(2,3)4)11-13-7-6-8-14(17)10-13/h6-8,10,15,18H,5,9,11-12H2,1-4H3. The van der Waals surface area contributed by atoms with Crippen molar-refractivity contribution in [2.45, 2.75) is 53.0 Å². The molecule has 0 bridgehead atoms. The van der Waals surface area contributed by atoms with Crippen LogP contribution in [-0.2, 0) is 6.42 Å². The summed E-state index contributed by atoms with van der Waals surface area (Å²) in [5.74, 6) is 0. The lowest BCUT2D eigenvalue weighted by Crippen LogP contribution is -2.35. The molecule has 0 heterocycles. The van der Waals surface area contributed by atoms with Crippen LogP contribution in [0.15, 0.2) is 24.3 Å². The van der Waals surface area contributed by atoms with E-state index in [0.717, 1.165) is 18.0 Å². The van der Waals surface area contributed by atoms with Crippen molar-refractivity contribution in [1.29, 1.82) is 0 Å². The fraction of sp³-hybridized carbons (Fsp3) is 0.625. The van der Waals surface area contributed by atoms with E-state index in [1.807, 2.05) is 12.1 Å². The zero-order valence-corrected chi connectivity index (χ0v) is 12.8. The summed E-state index contributed by atoms with van der Waals surface area (Å²) < 4.78 is 0. The van der Waals surface area contributed by atoms with Crippen molar-refractivity contribution >= 4 is 11.6 Å². The van der Waals surface area contributed by atoms with Crippen LogP contribution >= 0.6 is 11.6 Å². The smallest absolute Gasteiger partial charge is 0.0408 e. The van der Waals surface area contributed by atoms with Crippen molar-refractivity contribution in [2.24, 2.45) is 5.41 Å². The molecule has 1 nitrogen and oxygen atoms in total. The molecule has 1 aromatic carbocycles. The molecule has 1 N–H and O–H groups in total. The summed E-state index contributed by atoms with van der Waals surface area (Å²) in [6.45, 7) is 10.2. The summed E-state index contributed by atoms with van der Waals surface area (Å²) in [4.78, 5) is 0. The van der Waals surface area contributed by atoms with Crippen LogP contribution in [0.2, 0.25) is 5.02 Å². The molecule has 0 aliphatic carbocycles. The fourth-order valence-electron chi connectivity index (χ4n) is 2.25.